The molecule has 0 radical (unpaired) electrons. The fourth-order valence-electron chi connectivity index (χ4n) is 5.56. The van der Waals surface area contributed by atoms with E-state index < -0.39 is 5.91 Å². The lowest BCUT2D eigenvalue weighted by molar-refractivity contribution is -0.124. The number of para-hydroxylation sites is 1. The van der Waals surface area contributed by atoms with Gasteiger partial charge in [0.25, 0.3) is 5.91 Å². The van der Waals surface area contributed by atoms with Crippen LogP contribution in [0, 0.1) is 13.8 Å². The lowest BCUT2D eigenvalue weighted by Crippen LogP contribution is -2.30. The molecule has 0 fully saturated rings. The Morgan fingerprint density at radius 2 is 2.08 bits per heavy atom. The highest BCUT2D eigenvalue weighted by molar-refractivity contribution is 5.90. The monoisotopic (exact) mass is 482 g/mol. The van der Waals surface area contributed by atoms with Gasteiger partial charge < -0.3 is 9.55 Å². The number of aromatic nitrogens is 2. The van der Waals surface area contributed by atoms with Gasteiger partial charge in [-0.15, -0.1) is 0 Å². The number of carbonyl (C=O) groups is 1. The zero-order valence-corrected chi connectivity index (χ0v) is 21.2. The lowest BCUT2D eigenvalue weighted by atomic mass is 10.0. The van der Waals surface area contributed by atoms with Crippen LogP contribution < -0.4 is 5.48 Å². The van der Waals surface area contributed by atoms with E-state index >= 15 is 0 Å². The zero-order valence-electron chi connectivity index (χ0n) is 21.2. The Hall–Kier alpha value is -3.61. The Labute approximate surface area is 212 Å². The molecule has 1 aliphatic carbocycles. The van der Waals surface area contributed by atoms with E-state index in [1.807, 2.05) is 0 Å². The highest BCUT2D eigenvalue weighted by Crippen LogP contribution is 2.38. The van der Waals surface area contributed by atoms with Crippen molar-refractivity contribution in [3.63, 3.8) is 0 Å². The second-order valence-electron chi connectivity index (χ2n) is 9.90. The molecule has 4 aromatic rings. The van der Waals surface area contributed by atoms with Crippen LogP contribution in [0.25, 0.3) is 17.0 Å². The molecule has 3 N–H and O–H groups in total. The molecule has 2 aromatic heterocycles. The number of aromatic amines is 1. The second kappa shape index (κ2) is 10.2. The summed E-state index contributed by atoms with van der Waals surface area (Å²) in [6.07, 6.45) is 10.6. The Morgan fingerprint density at radius 1 is 1.25 bits per heavy atom. The van der Waals surface area contributed by atoms with Crippen LogP contribution in [0.4, 0.5) is 0 Å². The van der Waals surface area contributed by atoms with Gasteiger partial charge in [0, 0.05) is 61.2 Å². The molecule has 1 aliphatic rings. The van der Waals surface area contributed by atoms with Crippen molar-refractivity contribution in [3.05, 3.63) is 100 Å². The predicted octanol–water partition coefficient (Wildman–Crippen LogP) is 5.37. The number of carbonyl (C=O) groups excluding carboxylic acids is 1. The lowest BCUT2D eigenvalue weighted by Gasteiger charge is -2.30. The Morgan fingerprint density at radius 3 is 2.86 bits per heavy atom. The molecule has 1 unspecified atom stereocenters. The first-order valence-corrected chi connectivity index (χ1v) is 12.6. The molecule has 0 spiro atoms. The van der Waals surface area contributed by atoms with E-state index in [1.165, 1.54) is 50.5 Å². The average Bonchev–Trinajstić information content (AvgIpc) is 3.56. The molecule has 2 heterocycles. The van der Waals surface area contributed by atoms with E-state index in [1.54, 1.807) is 11.6 Å². The number of rotatable bonds is 8. The van der Waals surface area contributed by atoms with Crippen LogP contribution in [-0.2, 0) is 31.2 Å². The van der Waals surface area contributed by atoms with Crippen molar-refractivity contribution in [1.82, 2.24) is 19.9 Å². The zero-order chi connectivity index (χ0) is 25.2. The van der Waals surface area contributed by atoms with E-state index in [4.69, 9.17) is 5.21 Å². The fraction of sp³-hybridized carbons (Fsp3) is 0.300. The van der Waals surface area contributed by atoms with Crippen molar-refractivity contribution in [2.75, 3.05) is 6.54 Å². The normalized spacial score (nSPS) is 15.3. The minimum absolute atomic E-state index is 0.344. The van der Waals surface area contributed by atoms with Crippen LogP contribution in [-0.4, -0.2) is 32.1 Å². The van der Waals surface area contributed by atoms with Gasteiger partial charge in [0.1, 0.15) is 0 Å². The number of aryl methyl sites for hydroxylation is 3. The molecule has 6 nitrogen and oxygen atoms in total. The number of hydrogen-bond acceptors (Lipinski definition) is 3. The Bertz CT molecular complexity index is 1430. The number of fused-ring (bicyclic) bond motifs is 2. The highest BCUT2D eigenvalue weighted by Gasteiger charge is 2.29. The molecular formula is C30H34N4O2. The minimum atomic E-state index is -0.524. The molecule has 5 rings (SSSR count). The summed E-state index contributed by atoms with van der Waals surface area (Å²) in [4.78, 5) is 17.5. The van der Waals surface area contributed by atoms with E-state index in [0.717, 1.165) is 37.9 Å². The molecular weight excluding hydrogens is 448 g/mol. The molecule has 6 heteroatoms. The van der Waals surface area contributed by atoms with Gasteiger partial charge in [-0.25, -0.2) is 5.48 Å². The first-order valence-electron chi connectivity index (χ1n) is 12.6. The summed E-state index contributed by atoms with van der Waals surface area (Å²) >= 11 is 0. The average molecular weight is 483 g/mol. The van der Waals surface area contributed by atoms with Crippen LogP contribution >= 0.6 is 0 Å². The molecule has 0 saturated carbocycles. The van der Waals surface area contributed by atoms with Crippen LogP contribution in [0.2, 0.25) is 0 Å². The van der Waals surface area contributed by atoms with E-state index in [2.05, 4.69) is 90.2 Å². The maximum Gasteiger partial charge on any atom is 0.267 e. The summed E-state index contributed by atoms with van der Waals surface area (Å²) in [7, 11) is 2.12. The van der Waals surface area contributed by atoms with Crippen LogP contribution in [0.1, 0.15) is 51.5 Å². The summed E-state index contributed by atoms with van der Waals surface area (Å²) in [5, 5.41) is 10.1. The second-order valence-corrected chi connectivity index (χ2v) is 9.90. The van der Waals surface area contributed by atoms with Crippen LogP contribution in [0.5, 0.6) is 0 Å². The summed E-state index contributed by atoms with van der Waals surface area (Å²) in [5.74, 6) is -0.524. The summed E-state index contributed by atoms with van der Waals surface area (Å²) in [6.45, 7) is 6.21. The van der Waals surface area contributed by atoms with E-state index in [0.29, 0.717) is 6.04 Å². The number of nitrogens with one attached hydrogen (secondary N) is 2. The number of hydrogen-bond donors (Lipinski definition) is 3. The van der Waals surface area contributed by atoms with Gasteiger partial charge in [-0.1, -0.05) is 36.4 Å². The number of H-pyrrole nitrogens is 1. The molecule has 2 aromatic carbocycles. The molecule has 186 valence electrons. The smallest absolute Gasteiger partial charge is 0.267 e. The Balaban J connectivity index is 1.42. The Kier molecular flexibility index (Phi) is 6.81. The van der Waals surface area contributed by atoms with Crippen LogP contribution in [0.3, 0.4) is 0 Å². The maximum atomic E-state index is 11.4. The van der Waals surface area contributed by atoms with Crippen molar-refractivity contribution in [1.29, 1.82) is 0 Å². The van der Waals surface area contributed by atoms with Gasteiger partial charge in [0.2, 0.25) is 0 Å². The minimum Gasteiger partial charge on any atom is -0.363 e. The first-order chi connectivity index (χ1) is 17.4. The largest absolute Gasteiger partial charge is 0.363 e. The molecule has 1 amide bonds. The fourth-order valence-corrected chi connectivity index (χ4v) is 5.56. The van der Waals surface area contributed by atoms with Gasteiger partial charge in [0.15, 0.2) is 0 Å². The molecule has 36 heavy (non-hydrogen) atoms. The summed E-state index contributed by atoms with van der Waals surface area (Å²) in [5.41, 5.74) is 11.9. The number of hydroxylamine groups is 1. The van der Waals surface area contributed by atoms with Gasteiger partial charge in [0.05, 0.1) is 0 Å². The third kappa shape index (κ3) is 4.74. The summed E-state index contributed by atoms with van der Waals surface area (Å²) < 4.78 is 2.23. The summed E-state index contributed by atoms with van der Waals surface area (Å²) in [6, 6.07) is 15.4. The van der Waals surface area contributed by atoms with Gasteiger partial charge in [-0.05, 0) is 78.6 Å². The van der Waals surface area contributed by atoms with Crippen molar-refractivity contribution in [2.45, 2.75) is 45.7 Å². The van der Waals surface area contributed by atoms with Crippen molar-refractivity contribution in [3.8, 4) is 0 Å². The third-order valence-electron chi connectivity index (χ3n) is 7.71. The van der Waals surface area contributed by atoms with Crippen molar-refractivity contribution < 1.29 is 10.0 Å². The number of amides is 1. The molecule has 1 atom stereocenters. The van der Waals surface area contributed by atoms with E-state index in [9.17, 15) is 4.79 Å². The van der Waals surface area contributed by atoms with Gasteiger partial charge >= 0.3 is 0 Å². The SMILES string of the molecule is Cc1c[nH]c(CN(CCc2cn(C)c3ccccc23)C2CCc3cc(/C=C/C(=O)NO)ccc32)c1C. The highest BCUT2D eigenvalue weighted by atomic mass is 16.5. The topological polar surface area (TPSA) is 73.3 Å². The molecule has 0 aliphatic heterocycles. The van der Waals surface area contributed by atoms with E-state index in [-0.39, 0.29) is 0 Å². The van der Waals surface area contributed by atoms with Gasteiger partial charge in [-0.3, -0.25) is 14.9 Å². The first kappa shape index (κ1) is 24.1. The van der Waals surface area contributed by atoms with Crippen molar-refractivity contribution >= 4 is 22.9 Å². The predicted molar refractivity (Wildman–Crippen MR) is 144 cm³/mol. The van der Waals surface area contributed by atoms with Crippen molar-refractivity contribution in [2.24, 2.45) is 7.05 Å². The van der Waals surface area contributed by atoms with Gasteiger partial charge in [-0.2, -0.15) is 0 Å². The molecule has 0 bridgehead atoms. The van der Waals surface area contributed by atoms with Crippen LogP contribution in [0.15, 0.2) is 60.9 Å². The number of benzene rings is 2. The quantitative estimate of drug-likeness (QED) is 0.179. The number of nitrogens with zero attached hydrogens (tertiary/aromatic N) is 2. The standard InChI is InChI=1S/C30H34N4O2/c1-20-17-31-27(21(20)2)19-34(15-14-24-18-33(3)28-7-5-4-6-25(24)28)29-12-10-23-16-22(8-11-26(23)29)9-13-30(35)32-36/h4-9,11,13,16-18,29,31,36H,10,12,14-15,19H2,1-3H3,(H,32,35)/b13-9+. The molecule has 0 saturated heterocycles. The third-order valence-corrected chi connectivity index (χ3v) is 7.71. The maximum absolute atomic E-state index is 11.4.